The van der Waals surface area contributed by atoms with Crippen LogP contribution in [-0.4, -0.2) is 39.6 Å². The quantitative estimate of drug-likeness (QED) is 0.428. The number of nitro groups is 1. The summed E-state index contributed by atoms with van der Waals surface area (Å²) >= 11 is 0. The van der Waals surface area contributed by atoms with E-state index in [0.29, 0.717) is 24.1 Å². The van der Waals surface area contributed by atoms with Crippen LogP contribution in [0.1, 0.15) is 35.2 Å². The highest BCUT2D eigenvalue weighted by Gasteiger charge is 2.49. The predicted octanol–water partition coefficient (Wildman–Crippen LogP) is 2.40. The molecular weight excluding hydrogens is 388 g/mol. The summed E-state index contributed by atoms with van der Waals surface area (Å²) in [7, 11) is 0. The van der Waals surface area contributed by atoms with E-state index in [0.717, 1.165) is 4.90 Å². The van der Waals surface area contributed by atoms with Gasteiger partial charge in [0.1, 0.15) is 6.04 Å². The topological polar surface area (TPSA) is 125 Å². The van der Waals surface area contributed by atoms with Crippen molar-refractivity contribution in [3.05, 3.63) is 69.8 Å². The van der Waals surface area contributed by atoms with Gasteiger partial charge in [0.05, 0.1) is 28.7 Å². The van der Waals surface area contributed by atoms with E-state index in [1.54, 1.807) is 0 Å². The standard InChI is InChI=1S/C21H16N4O5/c22-12-13-4-6-16(7-5-13)24-19(26)11-18(21(24)28)23(15-8-9-15)20(27)14-2-1-3-17(10-14)25(29)30/h1-7,10,15,18H,8-9,11H2. The van der Waals surface area contributed by atoms with E-state index in [2.05, 4.69) is 0 Å². The van der Waals surface area contributed by atoms with E-state index < -0.39 is 28.7 Å². The number of benzene rings is 2. The number of carbonyl (C=O) groups is 3. The first kappa shape index (κ1) is 19.3. The molecule has 4 rings (SSSR count). The van der Waals surface area contributed by atoms with Gasteiger partial charge in [-0.05, 0) is 43.2 Å². The molecule has 1 saturated carbocycles. The van der Waals surface area contributed by atoms with Crippen molar-refractivity contribution in [3.8, 4) is 6.07 Å². The van der Waals surface area contributed by atoms with Crippen molar-refractivity contribution in [1.29, 1.82) is 5.26 Å². The van der Waals surface area contributed by atoms with Crippen LogP contribution in [0.2, 0.25) is 0 Å². The van der Waals surface area contributed by atoms with E-state index in [1.807, 2.05) is 6.07 Å². The maximum atomic E-state index is 13.2. The average Bonchev–Trinajstić information content (AvgIpc) is 3.54. The second-order valence-corrected chi connectivity index (χ2v) is 7.20. The fourth-order valence-corrected chi connectivity index (χ4v) is 3.61. The summed E-state index contributed by atoms with van der Waals surface area (Å²) in [5.74, 6) is -1.46. The molecule has 0 N–H and O–H groups in total. The second kappa shape index (κ2) is 7.40. The maximum absolute atomic E-state index is 13.2. The Morgan fingerprint density at radius 2 is 1.87 bits per heavy atom. The van der Waals surface area contributed by atoms with Gasteiger partial charge in [-0.2, -0.15) is 5.26 Å². The third kappa shape index (κ3) is 3.39. The Balaban J connectivity index is 1.63. The summed E-state index contributed by atoms with van der Waals surface area (Å²) in [6.45, 7) is 0. The number of nitriles is 1. The molecule has 1 unspecified atom stereocenters. The average molecular weight is 404 g/mol. The molecule has 1 saturated heterocycles. The number of amides is 3. The normalized spacial score (nSPS) is 18.2. The summed E-state index contributed by atoms with van der Waals surface area (Å²) in [5, 5.41) is 20.0. The van der Waals surface area contributed by atoms with E-state index >= 15 is 0 Å². The van der Waals surface area contributed by atoms with Crippen LogP contribution in [0.15, 0.2) is 48.5 Å². The van der Waals surface area contributed by atoms with Gasteiger partial charge in [-0.15, -0.1) is 0 Å². The number of hydrogen-bond donors (Lipinski definition) is 0. The number of nitro benzene ring substituents is 1. The first-order valence-electron chi connectivity index (χ1n) is 9.35. The minimum atomic E-state index is -0.965. The van der Waals surface area contributed by atoms with Crippen LogP contribution >= 0.6 is 0 Å². The molecule has 1 aliphatic heterocycles. The first-order valence-corrected chi connectivity index (χ1v) is 9.35. The molecule has 0 aromatic heterocycles. The molecule has 3 amide bonds. The van der Waals surface area contributed by atoms with Gasteiger partial charge in [0, 0.05) is 23.7 Å². The lowest BCUT2D eigenvalue weighted by Crippen LogP contribution is -2.46. The third-order valence-electron chi connectivity index (χ3n) is 5.19. The van der Waals surface area contributed by atoms with Gasteiger partial charge >= 0.3 is 0 Å². The van der Waals surface area contributed by atoms with Crippen molar-refractivity contribution in [1.82, 2.24) is 4.90 Å². The number of anilines is 1. The van der Waals surface area contributed by atoms with Crippen molar-refractivity contribution in [2.45, 2.75) is 31.3 Å². The van der Waals surface area contributed by atoms with Crippen molar-refractivity contribution >= 4 is 29.1 Å². The van der Waals surface area contributed by atoms with Crippen LogP contribution in [0, 0.1) is 21.4 Å². The number of imide groups is 1. The van der Waals surface area contributed by atoms with Crippen LogP contribution in [0.25, 0.3) is 0 Å². The van der Waals surface area contributed by atoms with Gasteiger partial charge in [-0.1, -0.05) is 6.07 Å². The zero-order chi connectivity index (χ0) is 21.4. The molecular formula is C21H16N4O5. The van der Waals surface area contributed by atoms with Crippen molar-refractivity contribution < 1.29 is 19.3 Å². The number of rotatable bonds is 5. The molecule has 30 heavy (non-hydrogen) atoms. The van der Waals surface area contributed by atoms with E-state index in [1.165, 1.54) is 53.4 Å². The maximum Gasteiger partial charge on any atom is 0.270 e. The van der Waals surface area contributed by atoms with Crippen molar-refractivity contribution in [3.63, 3.8) is 0 Å². The smallest absolute Gasteiger partial charge is 0.270 e. The van der Waals surface area contributed by atoms with Gasteiger partial charge in [0.25, 0.3) is 17.5 Å². The van der Waals surface area contributed by atoms with Crippen LogP contribution < -0.4 is 4.90 Å². The highest BCUT2D eigenvalue weighted by atomic mass is 16.6. The molecule has 1 heterocycles. The Kier molecular flexibility index (Phi) is 4.75. The minimum Gasteiger partial charge on any atom is -0.323 e. The molecule has 9 heteroatoms. The van der Waals surface area contributed by atoms with Crippen molar-refractivity contribution in [2.75, 3.05) is 4.90 Å². The van der Waals surface area contributed by atoms with Crippen LogP contribution in [-0.2, 0) is 9.59 Å². The van der Waals surface area contributed by atoms with E-state index in [4.69, 9.17) is 5.26 Å². The summed E-state index contributed by atoms with van der Waals surface area (Å²) in [4.78, 5) is 51.7. The van der Waals surface area contributed by atoms with Crippen LogP contribution in [0.4, 0.5) is 11.4 Å². The molecule has 0 radical (unpaired) electrons. The van der Waals surface area contributed by atoms with Gasteiger partial charge in [-0.25, -0.2) is 4.90 Å². The molecule has 2 aromatic rings. The van der Waals surface area contributed by atoms with Gasteiger partial charge in [0.2, 0.25) is 5.91 Å². The van der Waals surface area contributed by atoms with Gasteiger partial charge in [-0.3, -0.25) is 24.5 Å². The molecule has 150 valence electrons. The lowest BCUT2D eigenvalue weighted by Gasteiger charge is -2.27. The summed E-state index contributed by atoms with van der Waals surface area (Å²) in [6.07, 6.45) is 1.25. The van der Waals surface area contributed by atoms with Crippen LogP contribution in [0.5, 0.6) is 0 Å². The van der Waals surface area contributed by atoms with Crippen molar-refractivity contribution in [2.24, 2.45) is 0 Å². The molecule has 1 aliphatic carbocycles. The third-order valence-corrected chi connectivity index (χ3v) is 5.19. The van der Waals surface area contributed by atoms with E-state index in [-0.39, 0.29) is 23.7 Å². The highest BCUT2D eigenvalue weighted by Crippen LogP contribution is 2.35. The zero-order valence-corrected chi connectivity index (χ0v) is 15.7. The van der Waals surface area contributed by atoms with E-state index in [9.17, 15) is 24.5 Å². The molecule has 0 bridgehead atoms. The minimum absolute atomic E-state index is 0.105. The molecule has 1 atom stereocenters. The second-order valence-electron chi connectivity index (χ2n) is 7.20. The Labute approximate surface area is 171 Å². The fraction of sp³-hybridized carbons (Fsp3) is 0.238. The van der Waals surface area contributed by atoms with Crippen LogP contribution in [0.3, 0.4) is 0 Å². The monoisotopic (exact) mass is 404 g/mol. The number of nitrogens with zero attached hydrogens (tertiary/aromatic N) is 4. The predicted molar refractivity (Wildman–Crippen MR) is 104 cm³/mol. The Morgan fingerprint density at radius 3 is 2.47 bits per heavy atom. The first-order chi connectivity index (χ1) is 14.4. The molecule has 2 fully saturated rings. The summed E-state index contributed by atoms with van der Waals surface area (Å²) in [5.41, 5.74) is 0.623. The molecule has 0 spiro atoms. The fourth-order valence-electron chi connectivity index (χ4n) is 3.61. The number of carbonyl (C=O) groups excluding carboxylic acids is 3. The number of non-ortho nitro benzene ring substituents is 1. The Bertz CT molecular complexity index is 1100. The lowest BCUT2D eigenvalue weighted by atomic mass is 10.1. The zero-order valence-electron chi connectivity index (χ0n) is 15.7. The summed E-state index contributed by atoms with van der Waals surface area (Å²) in [6, 6.07) is 12.2. The van der Waals surface area contributed by atoms with Gasteiger partial charge < -0.3 is 4.90 Å². The Hall–Kier alpha value is -4.06. The molecule has 2 aromatic carbocycles. The number of hydrogen-bond acceptors (Lipinski definition) is 6. The van der Waals surface area contributed by atoms with Gasteiger partial charge in [0.15, 0.2) is 0 Å². The summed E-state index contributed by atoms with van der Waals surface area (Å²) < 4.78 is 0. The largest absolute Gasteiger partial charge is 0.323 e. The SMILES string of the molecule is N#Cc1ccc(N2C(=O)CC(N(C(=O)c3cccc([N+](=O)[O-])c3)C3CC3)C2=O)cc1. The Morgan fingerprint density at radius 1 is 1.17 bits per heavy atom. The lowest BCUT2D eigenvalue weighted by molar-refractivity contribution is -0.384. The molecule has 9 nitrogen and oxygen atoms in total. The molecule has 2 aliphatic rings. The highest BCUT2D eigenvalue weighted by molar-refractivity contribution is 6.23.